The summed E-state index contributed by atoms with van der Waals surface area (Å²) in [6, 6.07) is 11.7. The lowest BCUT2D eigenvalue weighted by molar-refractivity contribution is 0.414. The second-order valence-electron chi connectivity index (χ2n) is 3.78. The monoisotopic (exact) mass is 244 g/mol. The Labute approximate surface area is 106 Å². The number of benzene rings is 1. The van der Waals surface area contributed by atoms with Crippen molar-refractivity contribution in [3.8, 4) is 5.75 Å². The highest BCUT2D eigenvalue weighted by Gasteiger charge is 1.98. The molecule has 2 rings (SSSR count). The zero-order valence-electron chi connectivity index (χ0n) is 10.2. The van der Waals surface area contributed by atoms with E-state index in [1.165, 1.54) is 0 Å². The van der Waals surface area contributed by atoms with Gasteiger partial charge in [-0.25, -0.2) is 10.8 Å². The van der Waals surface area contributed by atoms with Gasteiger partial charge < -0.3 is 15.5 Å². The van der Waals surface area contributed by atoms with Crippen molar-refractivity contribution < 1.29 is 4.74 Å². The quantitative estimate of drug-likeness (QED) is 0.554. The molecule has 4 N–H and O–H groups in total. The molecule has 0 bridgehead atoms. The highest BCUT2D eigenvalue weighted by atomic mass is 16.5. The first-order chi connectivity index (χ1) is 8.81. The number of hydrogen-bond donors (Lipinski definition) is 3. The van der Waals surface area contributed by atoms with Crippen molar-refractivity contribution in [3.63, 3.8) is 0 Å². The van der Waals surface area contributed by atoms with E-state index in [1.54, 1.807) is 13.3 Å². The van der Waals surface area contributed by atoms with Gasteiger partial charge in [0, 0.05) is 24.5 Å². The fourth-order valence-corrected chi connectivity index (χ4v) is 1.61. The van der Waals surface area contributed by atoms with Crippen LogP contribution in [0.25, 0.3) is 0 Å². The third kappa shape index (κ3) is 3.11. The first-order valence-corrected chi connectivity index (χ1v) is 5.61. The molecule has 0 atom stereocenters. The van der Waals surface area contributed by atoms with Crippen molar-refractivity contribution in [2.75, 3.05) is 17.9 Å². The van der Waals surface area contributed by atoms with Crippen molar-refractivity contribution >= 4 is 11.5 Å². The van der Waals surface area contributed by atoms with Gasteiger partial charge in [-0.15, -0.1) is 0 Å². The fraction of sp³-hybridized carbons (Fsp3) is 0.154. The molecule has 0 unspecified atom stereocenters. The van der Waals surface area contributed by atoms with Gasteiger partial charge in [0.25, 0.3) is 0 Å². The highest BCUT2D eigenvalue weighted by Crippen LogP contribution is 2.15. The minimum Gasteiger partial charge on any atom is -0.497 e. The SMILES string of the molecule is COc1cccc(CNc2ccnc(NN)c2)c1. The predicted molar refractivity (Wildman–Crippen MR) is 72.4 cm³/mol. The molecule has 18 heavy (non-hydrogen) atoms. The third-order valence-corrected chi connectivity index (χ3v) is 2.54. The molecule has 5 nitrogen and oxygen atoms in total. The summed E-state index contributed by atoms with van der Waals surface area (Å²) in [6.45, 7) is 0.714. The smallest absolute Gasteiger partial charge is 0.141 e. The van der Waals surface area contributed by atoms with E-state index in [9.17, 15) is 0 Å². The largest absolute Gasteiger partial charge is 0.497 e. The Morgan fingerprint density at radius 2 is 2.17 bits per heavy atom. The van der Waals surface area contributed by atoms with E-state index in [0.29, 0.717) is 12.4 Å². The van der Waals surface area contributed by atoms with Crippen LogP contribution in [0, 0.1) is 0 Å². The Bertz CT molecular complexity index is 468. The average molecular weight is 244 g/mol. The molecule has 94 valence electrons. The molecule has 0 aliphatic carbocycles. The van der Waals surface area contributed by atoms with Gasteiger partial charge in [-0.1, -0.05) is 12.1 Å². The normalized spacial score (nSPS) is 9.89. The number of aromatic nitrogens is 1. The van der Waals surface area contributed by atoms with Gasteiger partial charge in [0.05, 0.1) is 7.11 Å². The van der Waals surface area contributed by atoms with E-state index in [4.69, 9.17) is 10.6 Å². The molecule has 0 saturated heterocycles. The van der Waals surface area contributed by atoms with Crippen LogP contribution in [0.5, 0.6) is 5.75 Å². The molecule has 5 heteroatoms. The molecule has 0 amide bonds. The van der Waals surface area contributed by atoms with Crippen molar-refractivity contribution in [1.29, 1.82) is 0 Å². The Morgan fingerprint density at radius 1 is 1.28 bits per heavy atom. The number of nitrogens with two attached hydrogens (primary N) is 1. The lowest BCUT2D eigenvalue weighted by Gasteiger charge is -2.08. The van der Waals surface area contributed by atoms with E-state index < -0.39 is 0 Å². The van der Waals surface area contributed by atoms with Crippen LogP contribution in [0.1, 0.15) is 5.56 Å². The van der Waals surface area contributed by atoms with Crippen LogP contribution in [0.4, 0.5) is 11.5 Å². The number of nitrogens with zero attached hydrogens (tertiary/aromatic N) is 1. The molecule has 1 aromatic carbocycles. The van der Waals surface area contributed by atoms with E-state index in [-0.39, 0.29) is 0 Å². The topological polar surface area (TPSA) is 72.2 Å². The fourth-order valence-electron chi connectivity index (χ4n) is 1.61. The molecule has 0 spiro atoms. The summed E-state index contributed by atoms with van der Waals surface area (Å²) in [4.78, 5) is 4.04. The van der Waals surface area contributed by atoms with Gasteiger partial charge >= 0.3 is 0 Å². The maximum absolute atomic E-state index is 5.31. The van der Waals surface area contributed by atoms with Crippen LogP contribution < -0.4 is 21.3 Å². The summed E-state index contributed by atoms with van der Waals surface area (Å²) in [5, 5.41) is 3.30. The molecule has 2 aromatic rings. The van der Waals surface area contributed by atoms with Crippen molar-refractivity contribution in [2.45, 2.75) is 6.54 Å². The molecule has 0 radical (unpaired) electrons. The van der Waals surface area contributed by atoms with E-state index >= 15 is 0 Å². The number of ether oxygens (including phenoxy) is 1. The number of hydrogen-bond acceptors (Lipinski definition) is 5. The predicted octanol–water partition coefficient (Wildman–Crippen LogP) is 1.99. The van der Waals surface area contributed by atoms with Crippen molar-refractivity contribution in [2.24, 2.45) is 5.84 Å². The van der Waals surface area contributed by atoms with Gasteiger partial charge in [0.1, 0.15) is 11.6 Å². The molecule has 0 saturated carbocycles. The summed E-state index contributed by atoms with van der Waals surface area (Å²) in [7, 11) is 1.66. The number of methoxy groups -OCH3 is 1. The molecular weight excluding hydrogens is 228 g/mol. The summed E-state index contributed by atoms with van der Waals surface area (Å²) < 4.78 is 5.18. The summed E-state index contributed by atoms with van der Waals surface area (Å²) in [5.41, 5.74) is 4.62. The summed E-state index contributed by atoms with van der Waals surface area (Å²) in [5.74, 6) is 6.79. The van der Waals surface area contributed by atoms with E-state index in [0.717, 1.165) is 17.0 Å². The number of nitrogens with one attached hydrogen (secondary N) is 2. The van der Waals surface area contributed by atoms with E-state index in [2.05, 4.69) is 15.7 Å². The van der Waals surface area contributed by atoms with Crippen molar-refractivity contribution in [1.82, 2.24) is 4.98 Å². The first kappa shape index (κ1) is 12.2. The maximum atomic E-state index is 5.31. The molecule has 0 fully saturated rings. The van der Waals surface area contributed by atoms with Crippen LogP contribution in [-0.4, -0.2) is 12.1 Å². The molecule has 0 aliphatic heterocycles. The van der Waals surface area contributed by atoms with Gasteiger partial charge in [-0.05, 0) is 23.8 Å². The Kier molecular flexibility index (Phi) is 3.98. The van der Waals surface area contributed by atoms with Crippen LogP contribution in [0.15, 0.2) is 42.6 Å². The molecule has 0 aliphatic rings. The zero-order chi connectivity index (χ0) is 12.8. The minimum absolute atomic E-state index is 0.630. The maximum Gasteiger partial charge on any atom is 0.141 e. The molecule has 1 heterocycles. The van der Waals surface area contributed by atoms with Crippen LogP contribution in [0.2, 0.25) is 0 Å². The van der Waals surface area contributed by atoms with Gasteiger partial charge in [-0.3, -0.25) is 0 Å². The standard InChI is InChI=1S/C13H16N4O/c1-18-12-4-2-3-10(7-12)9-16-11-5-6-15-13(8-11)17-14/h2-8H,9,14H2,1H3,(H2,15,16,17). The van der Waals surface area contributed by atoms with E-state index in [1.807, 2.05) is 36.4 Å². The summed E-state index contributed by atoms with van der Waals surface area (Å²) in [6.07, 6.45) is 1.70. The number of hydrazine groups is 1. The van der Waals surface area contributed by atoms with Crippen LogP contribution in [0.3, 0.4) is 0 Å². The lowest BCUT2D eigenvalue weighted by Crippen LogP contribution is -2.09. The molecular formula is C13H16N4O. The minimum atomic E-state index is 0.630. The van der Waals surface area contributed by atoms with Crippen molar-refractivity contribution in [3.05, 3.63) is 48.2 Å². The molecule has 1 aromatic heterocycles. The summed E-state index contributed by atoms with van der Waals surface area (Å²) >= 11 is 0. The number of pyridine rings is 1. The first-order valence-electron chi connectivity index (χ1n) is 5.61. The van der Waals surface area contributed by atoms with Gasteiger partial charge in [0.2, 0.25) is 0 Å². The van der Waals surface area contributed by atoms with Crippen LogP contribution >= 0.6 is 0 Å². The Hall–Kier alpha value is -2.27. The second kappa shape index (κ2) is 5.88. The van der Waals surface area contributed by atoms with Gasteiger partial charge in [-0.2, -0.15) is 0 Å². The number of nitrogen functional groups attached to an aromatic ring is 1. The Morgan fingerprint density at radius 3 is 2.94 bits per heavy atom. The highest BCUT2D eigenvalue weighted by molar-refractivity contribution is 5.51. The van der Waals surface area contributed by atoms with Gasteiger partial charge in [0.15, 0.2) is 0 Å². The number of rotatable bonds is 5. The number of anilines is 2. The zero-order valence-corrected chi connectivity index (χ0v) is 10.2. The lowest BCUT2D eigenvalue weighted by atomic mass is 10.2. The Balaban J connectivity index is 2.01. The van der Waals surface area contributed by atoms with Crippen LogP contribution in [-0.2, 0) is 6.54 Å². The average Bonchev–Trinajstić information content (AvgIpc) is 2.45. The second-order valence-corrected chi connectivity index (χ2v) is 3.78. The third-order valence-electron chi connectivity index (χ3n) is 2.54.